The predicted octanol–water partition coefficient (Wildman–Crippen LogP) is 6.41. The van der Waals surface area contributed by atoms with E-state index in [1.807, 2.05) is 49.3 Å². The molecule has 9 heteroatoms. The van der Waals surface area contributed by atoms with Crippen LogP contribution in [0.3, 0.4) is 0 Å². The lowest BCUT2D eigenvalue weighted by Gasteiger charge is -2.23. The Morgan fingerprint density at radius 2 is 1.83 bits per heavy atom. The van der Waals surface area contributed by atoms with E-state index in [0.29, 0.717) is 29.6 Å². The number of hydrogen-bond donors (Lipinski definition) is 1. The van der Waals surface area contributed by atoms with E-state index in [1.54, 1.807) is 6.07 Å². The van der Waals surface area contributed by atoms with Gasteiger partial charge in [-0.15, -0.1) is 0 Å². The fourth-order valence-corrected chi connectivity index (χ4v) is 4.47. The highest BCUT2D eigenvalue weighted by Gasteiger charge is 2.26. The highest BCUT2D eigenvalue weighted by molar-refractivity contribution is 14.2. The summed E-state index contributed by atoms with van der Waals surface area (Å²) in [5.74, 6) is 0.555. The van der Waals surface area contributed by atoms with E-state index in [0.717, 1.165) is 22.1 Å². The highest BCUT2D eigenvalue weighted by Crippen LogP contribution is 2.42. The van der Waals surface area contributed by atoms with Gasteiger partial charge in [-0.2, -0.15) is 0 Å². The Kier molecular flexibility index (Phi) is 8.92. The van der Waals surface area contributed by atoms with Crippen molar-refractivity contribution in [2.24, 2.45) is 5.92 Å². The van der Waals surface area contributed by atoms with Crippen molar-refractivity contribution in [3.05, 3.63) is 17.2 Å². The van der Waals surface area contributed by atoms with Crippen molar-refractivity contribution in [3.8, 4) is 17.2 Å². The third-order valence-electron chi connectivity index (χ3n) is 4.09. The first kappa shape index (κ1) is 20.6. The third-order valence-corrected chi connectivity index (χ3v) is 5.65. The summed E-state index contributed by atoms with van der Waals surface area (Å²) in [6.07, 6.45) is 5.97. The van der Waals surface area contributed by atoms with Gasteiger partial charge >= 0.3 is 5.97 Å². The van der Waals surface area contributed by atoms with E-state index >= 15 is 0 Å². The second-order valence-corrected chi connectivity index (χ2v) is 8.36. The molecule has 0 amide bonds. The summed E-state index contributed by atoms with van der Waals surface area (Å²) in [5.41, 5.74) is 0.733. The highest BCUT2D eigenvalue weighted by atomic mass is 127. The lowest BCUT2D eigenvalue weighted by molar-refractivity contribution is 0.0688. The molecule has 5 nitrogen and oxygen atoms in total. The zero-order valence-electron chi connectivity index (χ0n) is 13.0. The number of carbonyl (C=O) groups is 1. The van der Waals surface area contributed by atoms with Crippen molar-refractivity contribution < 1.29 is 23.0 Å². The van der Waals surface area contributed by atoms with Gasteiger partial charge in [0.25, 0.3) is 0 Å². The van der Waals surface area contributed by atoms with Crippen molar-refractivity contribution in [2.45, 2.75) is 39.0 Å². The summed E-state index contributed by atoms with van der Waals surface area (Å²) in [6.45, 7) is 2.34. The molecule has 0 spiro atoms. The number of aromatic carboxylic acids is 1. The first-order valence-electron chi connectivity index (χ1n) is 7.52. The Bertz CT molecular complexity index is 579. The molecule has 1 N–H and O–H groups in total. The van der Waals surface area contributed by atoms with Gasteiger partial charge < -0.3 is 18.2 Å². The molecule has 1 fully saturated rings. The quantitative estimate of drug-likeness (QED) is 0.275. The average molecular weight is 596 g/mol. The van der Waals surface area contributed by atoms with Gasteiger partial charge in [0, 0.05) is 54.0 Å². The molecule has 1 aromatic rings. The molecule has 0 bridgehead atoms. The molecular formula is C15H18I2O5S2. The van der Waals surface area contributed by atoms with Crippen molar-refractivity contribution in [1.29, 1.82) is 0 Å². The van der Waals surface area contributed by atoms with Crippen LogP contribution in [0.1, 0.15) is 48.0 Å². The molecule has 0 atom stereocenters. The van der Waals surface area contributed by atoms with Gasteiger partial charge in [-0.3, -0.25) is 0 Å². The number of carboxylic acids is 1. The topological polar surface area (TPSA) is 65.0 Å². The van der Waals surface area contributed by atoms with Crippen molar-refractivity contribution in [3.63, 3.8) is 0 Å². The molecule has 2 rings (SSSR count). The van der Waals surface area contributed by atoms with Gasteiger partial charge in [0.2, 0.25) is 0 Å². The molecule has 0 radical (unpaired) electrons. The summed E-state index contributed by atoms with van der Waals surface area (Å²) in [5, 5.41) is 9.64. The maximum atomic E-state index is 11.8. The van der Waals surface area contributed by atoms with Crippen LogP contribution in [-0.2, 0) is 0 Å². The lowest BCUT2D eigenvalue weighted by Crippen LogP contribution is -2.17. The number of carboxylic acid groups (broad SMARTS) is 1. The Morgan fingerprint density at radius 3 is 2.42 bits per heavy atom. The summed E-state index contributed by atoms with van der Waals surface area (Å²) < 4.78 is 16.9. The smallest absolute Gasteiger partial charge is 0.343 e. The standard InChI is InChI=1S/C15H18I2O5S2/c1-9-11(21-23-16)7-12(22-24-17)13(15(18)19)14(9)20-8-10-5-3-2-4-6-10/h7,10H,2-6,8H2,1H3,(H,18,19). The molecule has 0 unspecified atom stereocenters. The molecule has 1 saturated carbocycles. The molecule has 24 heavy (non-hydrogen) atoms. The SMILES string of the molecule is Cc1c(OSI)cc(OSI)c(C(=O)O)c1OCC1CCCCC1. The largest absolute Gasteiger partial charge is 0.492 e. The van der Waals surface area contributed by atoms with E-state index < -0.39 is 5.97 Å². The van der Waals surface area contributed by atoms with Gasteiger partial charge in [-0.05, 0) is 25.7 Å². The number of halogens is 2. The molecule has 1 aromatic carbocycles. The van der Waals surface area contributed by atoms with Gasteiger partial charge in [0.1, 0.15) is 35.5 Å². The molecule has 1 aliphatic carbocycles. The monoisotopic (exact) mass is 596 g/mol. The van der Waals surface area contributed by atoms with Crippen LogP contribution in [0.2, 0.25) is 0 Å². The van der Waals surface area contributed by atoms with Crippen LogP contribution >= 0.6 is 60.8 Å². The summed E-state index contributed by atoms with van der Waals surface area (Å²) in [6, 6.07) is 1.60. The van der Waals surface area contributed by atoms with Crippen molar-refractivity contribution in [1.82, 2.24) is 0 Å². The molecule has 1 aliphatic rings. The van der Waals surface area contributed by atoms with Crippen molar-refractivity contribution >= 4 is 66.8 Å². The minimum Gasteiger partial charge on any atom is -0.492 e. The number of benzene rings is 1. The molecule has 134 valence electrons. The Hall–Kier alpha value is 0.250. The van der Waals surface area contributed by atoms with E-state index in [4.69, 9.17) is 13.1 Å². The Balaban J connectivity index is 2.34. The Labute approximate surface area is 174 Å². The van der Waals surface area contributed by atoms with Gasteiger partial charge in [-0.1, -0.05) is 19.3 Å². The van der Waals surface area contributed by atoms with Gasteiger partial charge in [0.15, 0.2) is 5.75 Å². The van der Waals surface area contributed by atoms with Crippen LogP contribution in [0.25, 0.3) is 0 Å². The van der Waals surface area contributed by atoms with Gasteiger partial charge in [-0.25, -0.2) is 4.79 Å². The van der Waals surface area contributed by atoms with Crippen LogP contribution in [0.5, 0.6) is 17.2 Å². The fourth-order valence-electron chi connectivity index (χ4n) is 2.87. The van der Waals surface area contributed by atoms with Crippen LogP contribution in [0.4, 0.5) is 0 Å². The van der Waals surface area contributed by atoms with Crippen LogP contribution in [-0.4, -0.2) is 17.7 Å². The second-order valence-electron chi connectivity index (χ2n) is 5.61. The molecule has 0 saturated heterocycles. The number of ether oxygens (including phenoxy) is 1. The Morgan fingerprint density at radius 1 is 1.21 bits per heavy atom. The molecule has 0 aliphatic heterocycles. The number of rotatable bonds is 8. The normalized spacial score (nSPS) is 15.1. The number of hydrogen-bond acceptors (Lipinski definition) is 6. The van der Waals surface area contributed by atoms with Gasteiger partial charge in [0.05, 0.1) is 6.61 Å². The first-order valence-corrected chi connectivity index (χ1v) is 14.1. The average Bonchev–Trinajstić information content (AvgIpc) is 2.57. The maximum absolute atomic E-state index is 11.8. The maximum Gasteiger partial charge on any atom is 0.343 e. The summed E-state index contributed by atoms with van der Waals surface area (Å²) in [7, 11) is 2.23. The lowest BCUT2D eigenvalue weighted by atomic mass is 9.90. The second kappa shape index (κ2) is 10.4. The van der Waals surface area contributed by atoms with E-state index in [2.05, 4.69) is 0 Å². The van der Waals surface area contributed by atoms with Crippen LogP contribution in [0, 0.1) is 12.8 Å². The minimum absolute atomic E-state index is 0.0540. The minimum atomic E-state index is -1.06. The summed E-state index contributed by atoms with van der Waals surface area (Å²) in [4.78, 5) is 11.8. The van der Waals surface area contributed by atoms with E-state index in [9.17, 15) is 9.90 Å². The fraction of sp³-hybridized carbons (Fsp3) is 0.533. The zero-order valence-corrected chi connectivity index (χ0v) is 19.0. The molecular weight excluding hydrogens is 578 g/mol. The van der Waals surface area contributed by atoms with E-state index in [1.165, 1.54) is 28.5 Å². The summed E-state index contributed by atoms with van der Waals surface area (Å²) >= 11 is 3.98. The van der Waals surface area contributed by atoms with Crippen molar-refractivity contribution in [2.75, 3.05) is 6.61 Å². The predicted molar refractivity (Wildman–Crippen MR) is 115 cm³/mol. The molecule has 0 heterocycles. The van der Waals surface area contributed by atoms with Crippen LogP contribution in [0.15, 0.2) is 6.07 Å². The van der Waals surface area contributed by atoms with Crippen LogP contribution < -0.4 is 13.1 Å². The zero-order chi connectivity index (χ0) is 17.5. The molecule has 0 aromatic heterocycles. The van der Waals surface area contributed by atoms with E-state index in [-0.39, 0.29) is 11.3 Å². The third kappa shape index (κ3) is 5.37. The first-order chi connectivity index (χ1) is 11.6.